The SMILES string of the molecule is O=C(O)N1CCO[C@@H](CNc2cc(Cl)ncc2C(F)(F)F)C1. The van der Waals surface area contributed by atoms with Crippen LogP contribution in [0.2, 0.25) is 5.15 Å². The first-order valence-electron chi connectivity index (χ1n) is 6.33. The molecule has 10 heteroatoms. The lowest BCUT2D eigenvalue weighted by molar-refractivity contribution is -0.137. The molecule has 22 heavy (non-hydrogen) atoms. The van der Waals surface area contributed by atoms with Crippen LogP contribution in [-0.2, 0) is 10.9 Å². The summed E-state index contributed by atoms with van der Waals surface area (Å²) in [5.74, 6) is 0. The van der Waals surface area contributed by atoms with E-state index in [1.54, 1.807) is 0 Å². The Morgan fingerprint density at radius 2 is 2.32 bits per heavy atom. The van der Waals surface area contributed by atoms with Crippen LogP contribution in [0.15, 0.2) is 12.3 Å². The fourth-order valence-electron chi connectivity index (χ4n) is 2.04. The van der Waals surface area contributed by atoms with Crippen molar-refractivity contribution in [2.24, 2.45) is 0 Å². The van der Waals surface area contributed by atoms with E-state index in [0.717, 1.165) is 11.0 Å². The average Bonchev–Trinajstić information content (AvgIpc) is 2.44. The number of anilines is 1. The molecular weight excluding hydrogens is 327 g/mol. The number of aromatic nitrogens is 1. The van der Waals surface area contributed by atoms with E-state index in [2.05, 4.69) is 10.3 Å². The number of alkyl halides is 3. The van der Waals surface area contributed by atoms with Gasteiger partial charge in [-0.3, -0.25) is 0 Å². The van der Waals surface area contributed by atoms with Gasteiger partial charge in [0.1, 0.15) is 5.15 Å². The Labute approximate surface area is 128 Å². The van der Waals surface area contributed by atoms with Gasteiger partial charge < -0.3 is 20.1 Å². The zero-order valence-electron chi connectivity index (χ0n) is 11.2. The molecule has 1 aliphatic rings. The molecule has 2 rings (SSSR count). The van der Waals surface area contributed by atoms with Gasteiger partial charge >= 0.3 is 12.3 Å². The summed E-state index contributed by atoms with van der Waals surface area (Å²) in [5, 5.41) is 11.4. The van der Waals surface area contributed by atoms with E-state index in [4.69, 9.17) is 21.4 Å². The van der Waals surface area contributed by atoms with Crippen molar-refractivity contribution in [3.63, 3.8) is 0 Å². The van der Waals surface area contributed by atoms with Gasteiger partial charge in [0.15, 0.2) is 0 Å². The number of hydrogen-bond donors (Lipinski definition) is 2. The number of hydrogen-bond acceptors (Lipinski definition) is 4. The van der Waals surface area contributed by atoms with Gasteiger partial charge in [0.05, 0.1) is 30.5 Å². The Balaban J connectivity index is 2.05. The molecule has 0 unspecified atom stereocenters. The van der Waals surface area contributed by atoms with E-state index in [0.29, 0.717) is 6.20 Å². The van der Waals surface area contributed by atoms with E-state index in [-0.39, 0.29) is 37.1 Å². The first-order valence-corrected chi connectivity index (χ1v) is 6.71. The van der Waals surface area contributed by atoms with Gasteiger partial charge in [0, 0.05) is 19.3 Å². The molecule has 0 saturated carbocycles. The number of carbonyl (C=O) groups is 1. The minimum absolute atomic E-state index is 0.0210. The van der Waals surface area contributed by atoms with E-state index >= 15 is 0 Å². The highest BCUT2D eigenvalue weighted by atomic mass is 35.5. The molecule has 0 bridgehead atoms. The minimum atomic E-state index is -4.57. The molecule has 1 atom stereocenters. The van der Waals surface area contributed by atoms with Crippen molar-refractivity contribution < 1.29 is 27.8 Å². The normalized spacial score (nSPS) is 19.1. The molecule has 1 aliphatic heterocycles. The van der Waals surface area contributed by atoms with Gasteiger partial charge in [-0.1, -0.05) is 11.6 Å². The van der Waals surface area contributed by atoms with Crippen LogP contribution < -0.4 is 5.32 Å². The predicted octanol–water partition coefficient (Wildman–Crippen LogP) is 2.54. The van der Waals surface area contributed by atoms with E-state index in [9.17, 15) is 18.0 Å². The second-order valence-electron chi connectivity index (χ2n) is 4.65. The zero-order chi connectivity index (χ0) is 16.3. The molecule has 1 fully saturated rings. The lowest BCUT2D eigenvalue weighted by atomic mass is 10.2. The van der Waals surface area contributed by atoms with Crippen molar-refractivity contribution in [2.75, 3.05) is 31.6 Å². The maximum absolute atomic E-state index is 12.9. The van der Waals surface area contributed by atoms with Crippen LogP contribution in [0, 0.1) is 0 Å². The fraction of sp³-hybridized carbons (Fsp3) is 0.500. The Bertz CT molecular complexity index is 556. The van der Waals surface area contributed by atoms with E-state index in [1.165, 1.54) is 0 Å². The fourth-order valence-corrected chi connectivity index (χ4v) is 2.20. The summed E-state index contributed by atoms with van der Waals surface area (Å²) in [4.78, 5) is 15.5. The number of nitrogens with zero attached hydrogens (tertiary/aromatic N) is 2. The molecule has 0 aliphatic carbocycles. The summed E-state index contributed by atoms with van der Waals surface area (Å²) >= 11 is 5.62. The number of morpholine rings is 1. The van der Waals surface area contributed by atoms with E-state index < -0.39 is 23.9 Å². The third-order valence-electron chi connectivity index (χ3n) is 3.11. The molecule has 1 amide bonds. The van der Waals surface area contributed by atoms with Crippen LogP contribution in [0.1, 0.15) is 5.56 Å². The first kappa shape index (κ1) is 16.6. The molecule has 1 aromatic rings. The number of pyridine rings is 1. The third kappa shape index (κ3) is 4.14. The topological polar surface area (TPSA) is 74.7 Å². The van der Waals surface area contributed by atoms with Crippen LogP contribution >= 0.6 is 11.6 Å². The van der Waals surface area contributed by atoms with Gasteiger partial charge in [-0.15, -0.1) is 0 Å². The molecule has 1 aromatic heterocycles. The van der Waals surface area contributed by atoms with Crippen molar-refractivity contribution in [3.8, 4) is 0 Å². The van der Waals surface area contributed by atoms with Crippen molar-refractivity contribution in [3.05, 3.63) is 23.0 Å². The molecule has 2 heterocycles. The van der Waals surface area contributed by atoms with E-state index in [1.807, 2.05) is 0 Å². The third-order valence-corrected chi connectivity index (χ3v) is 3.31. The van der Waals surface area contributed by atoms with Crippen molar-refractivity contribution in [2.45, 2.75) is 12.3 Å². The number of ether oxygens (including phenoxy) is 1. The summed E-state index contributed by atoms with van der Waals surface area (Å²) in [5.41, 5.74) is -1.16. The maximum atomic E-state index is 12.9. The average molecular weight is 340 g/mol. The number of nitrogens with one attached hydrogen (secondary N) is 1. The molecule has 0 spiro atoms. The maximum Gasteiger partial charge on any atom is 0.419 e. The summed E-state index contributed by atoms with van der Waals surface area (Å²) in [6.45, 7) is 0.540. The second kappa shape index (κ2) is 6.57. The number of halogens is 4. The Morgan fingerprint density at radius 3 is 2.95 bits per heavy atom. The quantitative estimate of drug-likeness (QED) is 0.828. The second-order valence-corrected chi connectivity index (χ2v) is 5.04. The smallest absolute Gasteiger partial charge is 0.419 e. The van der Waals surface area contributed by atoms with Gasteiger partial charge in [-0.2, -0.15) is 13.2 Å². The number of carboxylic acid groups (broad SMARTS) is 1. The highest BCUT2D eigenvalue weighted by Gasteiger charge is 2.34. The molecule has 2 N–H and O–H groups in total. The van der Waals surface area contributed by atoms with Crippen LogP contribution in [0.25, 0.3) is 0 Å². The van der Waals surface area contributed by atoms with Crippen LogP contribution in [0.3, 0.4) is 0 Å². The van der Waals surface area contributed by atoms with Crippen molar-refractivity contribution >= 4 is 23.4 Å². The van der Waals surface area contributed by atoms with Gasteiger partial charge in [-0.05, 0) is 6.07 Å². The van der Waals surface area contributed by atoms with Crippen LogP contribution in [0.5, 0.6) is 0 Å². The summed E-state index contributed by atoms with van der Waals surface area (Å²) in [7, 11) is 0. The molecule has 122 valence electrons. The molecule has 6 nitrogen and oxygen atoms in total. The van der Waals surface area contributed by atoms with Gasteiger partial charge in [0.25, 0.3) is 0 Å². The van der Waals surface area contributed by atoms with Crippen molar-refractivity contribution in [1.82, 2.24) is 9.88 Å². The standard InChI is InChI=1S/C12H13ClF3N3O3/c13-10-3-9(8(5-18-10)12(14,15)16)17-4-7-6-19(11(20)21)1-2-22-7/h3,5,7H,1-2,4,6H2,(H,17,18)(H,20,21)/t7-/m0/s1. The predicted molar refractivity (Wildman–Crippen MR) is 72.1 cm³/mol. The molecule has 1 saturated heterocycles. The minimum Gasteiger partial charge on any atom is -0.465 e. The highest BCUT2D eigenvalue weighted by Crippen LogP contribution is 2.35. The Hall–Kier alpha value is -1.74. The molecular formula is C12H13ClF3N3O3. The Morgan fingerprint density at radius 1 is 1.59 bits per heavy atom. The summed E-state index contributed by atoms with van der Waals surface area (Å²) in [6, 6.07) is 1.07. The van der Waals surface area contributed by atoms with Gasteiger partial charge in [0.2, 0.25) is 0 Å². The highest BCUT2D eigenvalue weighted by molar-refractivity contribution is 6.29. The Kier molecular flexibility index (Phi) is 4.97. The van der Waals surface area contributed by atoms with Crippen molar-refractivity contribution in [1.29, 1.82) is 0 Å². The monoisotopic (exact) mass is 339 g/mol. The summed E-state index contributed by atoms with van der Waals surface area (Å²) < 4.78 is 44.0. The summed E-state index contributed by atoms with van der Waals surface area (Å²) in [6.07, 6.45) is -5.55. The van der Waals surface area contributed by atoms with Gasteiger partial charge in [-0.25, -0.2) is 9.78 Å². The number of rotatable bonds is 3. The molecule has 0 aromatic carbocycles. The zero-order valence-corrected chi connectivity index (χ0v) is 12.0. The molecule has 0 radical (unpaired) electrons. The first-order chi connectivity index (χ1) is 10.3. The van der Waals surface area contributed by atoms with Crippen LogP contribution in [-0.4, -0.2) is 53.4 Å². The lowest BCUT2D eigenvalue weighted by Crippen LogP contribution is -2.47. The largest absolute Gasteiger partial charge is 0.465 e. The number of amides is 1. The van der Waals surface area contributed by atoms with Crippen LogP contribution in [0.4, 0.5) is 23.7 Å². The lowest BCUT2D eigenvalue weighted by Gasteiger charge is -2.31.